The fraction of sp³-hybridized carbons (Fsp3) is 0.240. The van der Waals surface area contributed by atoms with Crippen LogP contribution in [0.3, 0.4) is 0 Å². The van der Waals surface area contributed by atoms with Crippen LogP contribution in [0.5, 0.6) is 0 Å². The van der Waals surface area contributed by atoms with Crippen molar-refractivity contribution in [2.75, 3.05) is 10.6 Å². The van der Waals surface area contributed by atoms with Crippen molar-refractivity contribution >= 4 is 40.1 Å². The van der Waals surface area contributed by atoms with E-state index >= 15 is 0 Å². The Morgan fingerprint density at radius 2 is 1.50 bits per heavy atom. The van der Waals surface area contributed by atoms with Crippen molar-refractivity contribution in [1.82, 2.24) is 5.32 Å². The highest BCUT2D eigenvalue weighted by Crippen LogP contribution is 2.25. The minimum Gasteiger partial charge on any atom is -0.480 e. The third-order valence-corrected chi connectivity index (χ3v) is 5.54. The third kappa shape index (κ3) is 5.24. The number of para-hydroxylation sites is 1. The summed E-state index contributed by atoms with van der Waals surface area (Å²) in [6.07, 6.45) is 0.596. The molecule has 0 spiro atoms. The van der Waals surface area contributed by atoms with E-state index in [1.165, 1.54) is 0 Å². The van der Waals surface area contributed by atoms with Crippen LogP contribution in [0.4, 0.5) is 16.2 Å². The molecular formula is C25H27N3O4. The summed E-state index contributed by atoms with van der Waals surface area (Å²) in [5, 5.41) is 19.3. The second kappa shape index (κ2) is 9.96. The molecule has 0 fully saturated rings. The van der Waals surface area contributed by atoms with Gasteiger partial charge in [-0.15, -0.1) is 0 Å². The lowest BCUT2D eigenvalue weighted by atomic mass is 9.98. The van der Waals surface area contributed by atoms with Crippen molar-refractivity contribution in [2.45, 2.75) is 33.2 Å². The number of carboxylic acids is 1. The van der Waals surface area contributed by atoms with E-state index in [1.54, 1.807) is 25.1 Å². The van der Waals surface area contributed by atoms with Gasteiger partial charge >= 0.3 is 12.0 Å². The van der Waals surface area contributed by atoms with Crippen molar-refractivity contribution in [1.29, 1.82) is 0 Å². The van der Waals surface area contributed by atoms with Crippen LogP contribution in [0.1, 0.15) is 36.2 Å². The maximum Gasteiger partial charge on any atom is 0.326 e. The molecule has 2 atom stereocenters. The first kappa shape index (κ1) is 22.8. The Morgan fingerprint density at radius 3 is 2.12 bits per heavy atom. The van der Waals surface area contributed by atoms with Crippen molar-refractivity contribution < 1.29 is 19.5 Å². The number of nitrogens with one attached hydrogen (secondary N) is 3. The first-order valence-electron chi connectivity index (χ1n) is 10.5. The van der Waals surface area contributed by atoms with Crippen LogP contribution < -0.4 is 16.0 Å². The van der Waals surface area contributed by atoms with E-state index in [1.807, 2.05) is 56.3 Å². The van der Waals surface area contributed by atoms with Gasteiger partial charge in [-0.3, -0.25) is 4.79 Å². The topological polar surface area (TPSA) is 108 Å². The van der Waals surface area contributed by atoms with E-state index in [4.69, 9.17) is 0 Å². The largest absolute Gasteiger partial charge is 0.480 e. The van der Waals surface area contributed by atoms with Crippen molar-refractivity contribution in [3.8, 4) is 0 Å². The summed E-state index contributed by atoms with van der Waals surface area (Å²) < 4.78 is 0. The van der Waals surface area contributed by atoms with Crippen LogP contribution >= 0.6 is 0 Å². The van der Waals surface area contributed by atoms with Crippen molar-refractivity contribution in [3.05, 3.63) is 71.8 Å². The van der Waals surface area contributed by atoms with Gasteiger partial charge in [-0.25, -0.2) is 9.59 Å². The van der Waals surface area contributed by atoms with Crippen molar-refractivity contribution in [3.63, 3.8) is 0 Å². The molecule has 3 amide bonds. The van der Waals surface area contributed by atoms with E-state index in [0.29, 0.717) is 17.8 Å². The van der Waals surface area contributed by atoms with Crippen LogP contribution in [-0.4, -0.2) is 29.1 Å². The monoisotopic (exact) mass is 433 g/mol. The first-order chi connectivity index (χ1) is 15.3. The average Bonchev–Trinajstić information content (AvgIpc) is 2.77. The number of aryl methyl sites for hydroxylation is 1. The highest BCUT2D eigenvalue weighted by Gasteiger charge is 2.27. The number of hydrogen-bond acceptors (Lipinski definition) is 3. The number of carbonyl (C=O) groups is 3. The number of amides is 3. The van der Waals surface area contributed by atoms with Gasteiger partial charge in [-0.05, 0) is 47.4 Å². The maximum atomic E-state index is 13.1. The molecule has 166 valence electrons. The Bertz CT molecular complexity index is 1160. The molecule has 0 aliphatic heterocycles. The average molecular weight is 434 g/mol. The second-order valence-electron chi connectivity index (χ2n) is 7.81. The van der Waals surface area contributed by atoms with Gasteiger partial charge in [0.1, 0.15) is 6.04 Å². The summed E-state index contributed by atoms with van der Waals surface area (Å²) in [4.78, 5) is 37.5. The van der Waals surface area contributed by atoms with Crippen molar-refractivity contribution in [2.24, 2.45) is 5.92 Å². The van der Waals surface area contributed by atoms with E-state index in [9.17, 15) is 19.5 Å². The predicted octanol–water partition coefficient (Wildman–Crippen LogP) is 5.02. The SMILES string of the molecule is CC[C@H](C)[C@H](NC(=O)c1cc2ccccc2cc1NC(=O)Nc1ccccc1C)C(=O)O. The number of urea groups is 1. The van der Waals surface area contributed by atoms with Crippen LogP contribution in [0, 0.1) is 12.8 Å². The zero-order valence-electron chi connectivity index (χ0n) is 18.3. The minimum absolute atomic E-state index is 0.193. The van der Waals surface area contributed by atoms with Gasteiger partial charge in [0.2, 0.25) is 0 Å². The normalized spacial score (nSPS) is 12.6. The van der Waals surface area contributed by atoms with Gasteiger partial charge in [0.25, 0.3) is 5.91 Å². The lowest BCUT2D eigenvalue weighted by Crippen LogP contribution is -2.45. The molecule has 0 saturated heterocycles. The fourth-order valence-corrected chi connectivity index (χ4v) is 3.42. The van der Waals surface area contributed by atoms with Gasteiger partial charge in [-0.1, -0.05) is 62.7 Å². The molecule has 3 rings (SSSR count). The van der Waals surface area contributed by atoms with Crippen LogP contribution in [0.2, 0.25) is 0 Å². The number of anilines is 2. The molecule has 0 unspecified atom stereocenters. The second-order valence-corrected chi connectivity index (χ2v) is 7.81. The van der Waals surface area contributed by atoms with Gasteiger partial charge in [0.15, 0.2) is 0 Å². The fourth-order valence-electron chi connectivity index (χ4n) is 3.42. The summed E-state index contributed by atoms with van der Waals surface area (Å²) in [7, 11) is 0. The number of benzene rings is 3. The third-order valence-electron chi connectivity index (χ3n) is 5.54. The molecule has 0 saturated carbocycles. The minimum atomic E-state index is -1.10. The van der Waals surface area contributed by atoms with Crippen LogP contribution in [0.25, 0.3) is 10.8 Å². The first-order valence-corrected chi connectivity index (χ1v) is 10.5. The molecular weight excluding hydrogens is 406 g/mol. The summed E-state index contributed by atoms with van der Waals surface area (Å²) in [6, 6.07) is 16.6. The van der Waals surface area contributed by atoms with E-state index < -0.39 is 23.9 Å². The van der Waals surface area contributed by atoms with Gasteiger partial charge in [-0.2, -0.15) is 0 Å². The van der Waals surface area contributed by atoms with Gasteiger partial charge in [0, 0.05) is 5.69 Å². The Morgan fingerprint density at radius 1 is 0.906 bits per heavy atom. The van der Waals surface area contributed by atoms with Gasteiger partial charge in [0.05, 0.1) is 11.3 Å². The molecule has 3 aromatic rings. The van der Waals surface area contributed by atoms with Crippen LogP contribution in [-0.2, 0) is 4.79 Å². The molecule has 0 bridgehead atoms. The molecule has 32 heavy (non-hydrogen) atoms. The lowest BCUT2D eigenvalue weighted by molar-refractivity contribution is -0.140. The molecule has 0 aliphatic carbocycles. The van der Waals surface area contributed by atoms with E-state index in [-0.39, 0.29) is 11.5 Å². The number of carbonyl (C=O) groups excluding carboxylic acids is 2. The number of fused-ring (bicyclic) bond motifs is 1. The number of hydrogen-bond donors (Lipinski definition) is 4. The zero-order chi connectivity index (χ0) is 23.3. The smallest absolute Gasteiger partial charge is 0.326 e. The quantitative estimate of drug-likeness (QED) is 0.419. The summed E-state index contributed by atoms with van der Waals surface area (Å²) in [6.45, 7) is 5.52. The summed E-state index contributed by atoms with van der Waals surface area (Å²) in [5.41, 5.74) is 2.04. The number of rotatable bonds is 7. The molecule has 4 N–H and O–H groups in total. The standard InChI is InChI=1S/C25H27N3O4/c1-4-15(2)22(24(30)31)28-23(29)19-13-17-10-6-7-11-18(17)14-21(19)27-25(32)26-20-12-8-5-9-16(20)3/h5-15,22H,4H2,1-3H3,(H,28,29)(H,30,31)(H2,26,27,32)/t15-,22-/m0/s1. The molecule has 7 heteroatoms. The molecule has 0 heterocycles. The Hall–Kier alpha value is -3.87. The zero-order valence-corrected chi connectivity index (χ0v) is 18.3. The Balaban J connectivity index is 1.93. The molecule has 0 radical (unpaired) electrons. The number of aliphatic carboxylic acids is 1. The molecule has 0 aliphatic rings. The van der Waals surface area contributed by atoms with Crippen LogP contribution in [0.15, 0.2) is 60.7 Å². The Kier molecular flexibility index (Phi) is 7.10. The van der Waals surface area contributed by atoms with E-state index in [2.05, 4.69) is 16.0 Å². The highest BCUT2D eigenvalue weighted by atomic mass is 16.4. The predicted molar refractivity (Wildman–Crippen MR) is 126 cm³/mol. The molecule has 0 aromatic heterocycles. The highest BCUT2D eigenvalue weighted by molar-refractivity contribution is 6.10. The lowest BCUT2D eigenvalue weighted by Gasteiger charge is -2.21. The summed E-state index contributed by atoms with van der Waals surface area (Å²) in [5.74, 6) is -1.91. The van der Waals surface area contributed by atoms with Gasteiger partial charge < -0.3 is 21.1 Å². The molecule has 7 nitrogen and oxygen atoms in total. The maximum absolute atomic E-state index is 13.1. The Labute approximate surface area is 186 Å². The molecule has 3 aromatic carbocycles. The summed E-state index contributed by atoms with van der Waals surface area (Å²) >= 11 is 0. The van der Waals surface area contributed by atoms with E-state index in [0.717, 1.165) is 16.3 Å². The number of carboxylic acid groups (broad SMARTS) is 1.